The van der Waals surface area contributed by atoms with Gasteiger partial charge in [0.25, 0.3) is 0 Å². The number of rotatable bonds is 30. The Hall–Kier alpha value is -4.69. The number of nitrogens with one attached hydrogen (secondary N) is 3. The maximum atomic E-state index is 11.9. The average molecular weight is 933 g/mol. The van der Waals surface area contributed by atoms with E-state index < -0.39 is 6.04 Å². The predicted molar refractivity (Wildman–Crippen MR) is 273 cm³/mol. The number of likely N-dealkylation sites (tertiary alicyclic amines) is 1. The lowest BCUT2D eigenvalue weighted by Gasteiger charge is -2.19. The van der Waals surface area contributed by atoms with Crippen LogP contribution in [0.1, 0.15) is 109 Å². The number of aliphatic hydroxyl groups is 1. The lowest BCUT2D eigenvalue weighted by molar-refractivity contribution is -0.132. The molecule has 13 heteroatoms. The van der Waals surface area contributed by atoms with Gasteiger partial charge in [-0.1, -0.05) is 89.3 Å². The van der Waals surface area contributed by atoms with Gasteiger partial charge in [-0.3, -0.25) is 14.4 Å². The average Bonchev–Trinajstić information content (AvgIpc) is 3.88. The van der Waals surface area contributed by atoms with Crippen LogP contribution < -0.4 is 30.2 Å². The van der Waals surface area contributed by atoms with Crippen molar-refractivity contribution >= 4 is 17.7 Å². The largest absolute Gasteiger partial charge is 0.494 e. The Bertz CT molecular complexity index is 1770. The van der Waals surface area contributed by atoms with Crippen molar-refractivity contribution in [2.45, 2.75) is 123 Å². The van der Waals surface area contributed by atoms with Crippen LogP contribution >= 0.6 is 0 Å². The number of benzene rings is 3. The fourth-order valence-corrected chi connectivity index (χ4v) is 7.11. The Morgan fingerprint density at radius 3 is 1.51 bits per heavy atom. The Morgan fingerprint density at radius 1 is 0.612 bits per heavy atom. The highest BCUT2D eigenvalue weighted by atomic mass is 16.5. The first-order chi connectivity index (χ1) is 32.4. The molecule has 1 aliphatic heterocycles. The molecule has 1 fully saturated rings. The number of hydrogen-bond acceptors (Lipinski definition) is 10. The Morgan fingerprint density at radius 2 is 1.06 bits per heavy atom. The van der Waals surface area contributed by atoms with Gasteiger partial charge in [-0.25, -0.2) is 0 Å². The van der Waals surface area contributed by atoms with Crippen LogP contribution in [-0.4, -0.2) is 143 Å². The fraction of sp³-hybridized carbons (Fsp3) is 0.611. The van der Waals surface area contributed by atoms with Gasteiger partial charge in [0.2, 0.25) is 17.7 Å². The number of ether oxygens (including phenoxy) is 3. The van der Waals surface area contributed by atoms with Crippen LogP contribution in [0.15, 0.2) is 72.8 Å². The van der Waals surface area contributed by atoms with Crippen molar-refractivity contribution < 1.29 is 33.7 Å². The van der Waals surface area contributed by atoms with E-state index in [0.717, 1.165) is 133 Å². The van der Waals surface area contributed by atoms with Crippen LogP contribution in [-0.2, 0) is 33.6 Å². The summed E-state index contributed by atoms with van der Waals surface area (Å²) in [6.45, 7) is 15.0. The number of hydrogen-bond donors (Lipinski definition) is 4. The predicted octanol–water partition coefficient (Wildman–Crippen LogP) is 7.32. The van der Waals surface area contributed by atoms with E-state index in [1.807, 2.05) is 60.4 Å². The number of aliphatic hydroxyl groups excluding tert-OH is 1. The van der Waals surface area contributed by atoms with E-state index in [4.69, 9.17) is 14.2 Å². The van der Waals surface area contributed by atoms with Crippen LogP contribution in [0.5, 0.6) is 17.2 Å². The molecule has 3 aromatic carbocycles. The summed E-state index contributed by atoms with van der Waals surface area (Å²) < 4.78 is 17.2. The zero-order valence-corrected chi connectivity index (χ0v) is 42.6. The van der Waals surface area contributed by atoms with Gasteiger partial charge in [0.1, 0.15) is 23.3 Å². The van der Waals surface area contributed by atoms with Gasteiger partial charge in [-0.15, -0.1) is 0 Å². The van der Waals surface area contributed by atoms with Crippen LogP contribution in [0.3, 0.4) is 0 Å². The zero-order valence-electron chi connectivity index (χ0n) is 42.6. The summed E-state index contributed by atoms with van der Waals surface area (Å²) in [7, 11) is 6.92. The fourth-order valence-electron chi connectivity index (χ4n) is 7.11. The van der Waals surface area contributed by atoms with Crippen LogP contribution in [0.2, 0.25) is 0 Å². The van der Waals surface area contributed by atoms with Crippen molar-refractivity contribution in [2.24, 2.45) is 0 Å². The first-order valence-electron chi connectivity index (χ1n) is 25.1. The van der Waals surface area contributed by atoms with Gasteiger partial charge in [0.15, 0.2) is 0 Å². The molecule has 0 aromatic heterocycles. The lowest BCUT2D eigenvalue weighted by Crippen LogP contribution is -2.46. The summed E-state index contributed by atoms with van der Waals surface area (Å²) in [5.41, 5.74) is 3.62. The molecule has 376 valence electrons. The van der Waals surface area contributed by atoms with Gasteiger partial charge >= 0.3 is 0 Å². The quantitative estimate of drug-likeness (QED) is 0.0502. The van der Waals surface area contributed by atoms with Crippen molar-refractivity contribution in [1.29, 1.82) is 0 Å². The molecule has 0 spiro atoms. The smallest absolute Gasteiger partial charge is 0.241 e. The second-order valence-corrected chi connectivity index (χ2v) is 17.6. The first-order valence-corrected chi connectivity index (χ1v) is 25.1. The third kappa shape index (κ3) is 26.4. The summed E-state index contributed by atoms with van der Waals surface area (Å²) in [4.78, 5) is 40.5. The van der Waals surface area contributed by atoms with Crippen molar-refractivity contribution in [3.05, 3.63) is 89.5 Å². The molecule has 0 bridgehead atoms. The third-order valence-corrected chi connectivity index (χ3v) is 11.2. The summed E-state index contributed by atoms with van der Waals surface area (Å²) in [6.07, 6.45) is 14.2. The van der Waals surface area contributed by atoms with E-state index in [1.54, 1.807) is 33.1 Å². The molecule has 0 radical (unpaired) electrons. The Labute approximate surface area is 404 Å². The second-order valence-electron chi connectivity index (χ2n) is 17.6. The molecule has 1 aliphatic rings. The summed E-state index contributed by atoms with van der Waals surface area (Å²) in [5, 5.41) is 18.9. The zero-order chi connectivity index (χ0) is 49.1. The van der Waals surface area contributed by atoms with E-state index in [-0.39, 0.29) is 30.4 Å². The van der Waals surface area contributed by atoms with Crippen LogP contribution in [0.25, 0.3) is 0 Å². The maximum Gasteiger partial charge on any atom is 0.241 e. The molecule has 0 aliphatic carbocycles. The normalized spacial score (nSPS) is 12.8. The van der Waals surface area contributed by atoms with Gasteiger partial charge in [0, 0.05) is 41.3 Å². The van der Waals surface area contributed by atoms with E-state index >= 15 is 0 Å². The number of carbonyl (C=O) groups excluding carboxylic acids is 3. The topological polar surface area (TPSA) is 145 Å². The van der Waals surface area contributed by atoms with E-state index in [1.165, 1.54) is 35.3 Å². The van der Waals surface area contributed by atoms with Crippen molar-refractivity contribution in [1.82, 2.24) is 30.7 Å². The molecule has 67 heavy (non-hydrogen) atoms. The first kappa shape index (κ1) is 58.4. The Balaban J connectivity index is 0.000000346. The van der Waals surface area contributed by atoms with Gasteiger partial charge in [-0.2, -0.15) is 0 Å². The Kier molecular flexibility index (Phi) is 31.7. The summed E-state index contributed by atoms with van der Waals surface area (Å²) >= 11 is 0. The molecular weight excluding hydrogens is 845 g/mol. The SMILES string of the molecule is CCCCCCOc1cccc(CCNCC(=O)N2CCCC2)c1.CCCCOc1cccc(CCNC(C)C(=O)N(C)C)c1.CCCCOc1cccc(CCNC(CO)C(=O)N(C)C)c1. The molecular formula is C54H88N6O7. The molecule has 3 amide bonds. The minimum atomic E-state index is -0.543. The van der Waals surface area contributed by atoms with Crippen LogP contribution in [0.4, 0.5) is 0 Å². The molecule has 2 unspecified atom stereocenters. The summed E-state index contributed by atoms with van der Waals surface area (Å²) in [5.74, 6) is 2.99. The molecule has 13 nitrogen and oxygen atoms in total. The highest BCUT2D eigenvalue weighted by molar-refractivity contribution is 5.81. The molecule has 3 aromatic rings. The number of nitrogens with zero attached hydrogens (tertiary/aromatic N) is 3. The number of carbonyl (C=O) groups is 3. The number of likely N-dealkylation sites (N-methyl/N-ethyl adjacent to an activating group) is 2. The van der Waals surface area contributed by atoms with E-state index in [9.17, 15) is 19.5 Å². The monoisotopic (exact) mass is 933 g/mol. The van der Waals surface area contributed by atoms with Crippen LogP contribution in [0, 0.1) is 0 Å². The molecule has 1 saturated heterocycles. The van der Waals surface area contributed by atoms with Gasteiger partial charge in [0.05, 0.1) is 39.0 Å². The number of amides is 3. The van der Waals surface area contributed by atoms with E-state index in [2.05, 4.69) is 61.0 Å². The van der Waals surface area contributed by atoms with Gasteiger partial charge < -0.3 is 50.0 Å². The molecule has 2 atom stereocenters. The standard InChI is InChI=1S/C20H32N2O2.C17H28N2O3.C17H28N2O2/c1-2-3-4-7-15-24-19-10-8-9-18(16-19)11-12-21-17-20(23)22-13-5-6-14-22;1-4-5-11-22-15-8-6-7-14(12-15)9-10-18-16(13-20)17(21)19(2)3;1-5-6-12-21-16-9-7-8-15(13-16)10-11-18-14(2)17(20)19(3)4/h8-10,16,21H,2-7,11-15,17H2,1H3;6-8,12,16,18,20H,4-5,9-11,13H2,1-3H3;7-9,13-14,18H,5-6,10-12H2,1-4H3. The lowest BCUT2D eigenvalue weighted by atomic mass is 10.1. The van der Waals surface area contributed by atoms with Crippen molar-refractivity contribution in [3.8, 4) is 17.2 Å². The minimum absolute atomic E-state index is 0.103. The molecule has 0 saturated carbocycles. The highest BCUT2D eigenvalue weighted by Gasteiger charge is 2.19. The van der Waals surface area contributed by atoms with E-state index in [0.29, 0.717) is 13.1 Å². The minimum Gasteiger partial charge on any atom is -0.494 e. The summed E-state index contributed by atoms with van der Waals surface area (Å²) in [6, 6.07) is 23.8. The third-order valence-electron chi connectivity index (χ3n) is 11.2. The molecule has 4 rings (SSSR count). The molecule has 4 N–H and O–H groups in total. The van der Waals surface area contributed by atoms with Gasteiger partial charge in [-0.05, 0) is 131 Å². The maximum absolute atomic E-state index is 11.9. The van der Waals surface area contributed by atoms with Crippen molar-refractivity contribution in [2.75, 3.05) is 93.9 Å². The number of unbranched alkanes of at least 4 members (excludes halogenated alkanes) is 5. The second kappa shape index (κ2) is 36.4. The van der Waals surface area contributed by atoms with Crippen molar-refractivity contribution in [3.63, 3.8) is 0 Å². The molecule has 1 heterocycles. The highest BCUT2D eigenvalue weighted by Crippen LogP contribution is 2.17.